The largest absolute Gasteiger partial charge is 0.330 e. The Morgan fingerprint density at radius 2 is 2.11 bits per heavy atom. The molecule has 3 heterocycles. The van der Waals surface area contributed by atoms with Gasteiger partial charge in [-0.1, -0.05) is 6.07 Å². The van der Waals surface area contributed by atoms with Crippen molar-refractivity contribution in [3.05, 3.63) is 48.7 Å². The number of hydrogen-bond acceptors (Lipinski definition) is 4. The van der Waals surface area contributed by atoms with Gasteiger partial charge in [-0.05, 0) is 18.7 Å². The highest BCUT2D eigenvalue weighted by atomic mass is 15.0. The smallest absolute Gasteiger partial charge is 0.140 e. The van der Waals surface area contributed by atoms with Gasteiger partial charge in [-0.25, -0.2) is 9.97 Å². The van der Waals surface area contributed by atoms with Gasteiger partial charge in [-0.3, -0.25) is 9.38 Å². The topological polar surface area (TPSA) is 69.1 Å². The third-order valence-electron chi connectivity index (χ3n) is 2.73. The maximum absolute atomic E-state index is 5.53. The molecule has 3 aromatic heterocycles. The summed E-state index contributed by atoms with van der Waals surface area (Å²) in [5, 5.41) is 0. The van der Waals surface area contributed by atoms with Crippen LogP contribution in [0.4, 0.5) is 0 Å². The van der Waals surface area contributed by atoms with Crippen LogP contribution in [0.3, 0.4) is 0 Å². The molecule has 3 rings (SSSR count). The molecule has 0 aliphatic carbocycles. The highest BCUT2D eigenvalue weighted by Crippen LogP contribution is 2.15. The van der Waals surface area contributed by atoms with Crippen molar-refractivity contribution in [3.63, 3.8) is 0 Å². The lowest BCUT2D eigenvalue weighted by Gasteiger charge is -1.99. The second kappa shape index (κ2) is 4.54. The number of hydrogen-bond donors (Lipinski definition) is 1. The van der Waals surface area contributed by atoms with Crippen LogP contribution in [-0.2, 0) is 6.42 Å². The summed E-state index contributed by atoms with van der Waals surface area (Å²) in [4.78, 5) is 13.2. The van der Waals surface area contributed by atoms with Crippen molar-refractivity contribution in [1.29, 1.82) is 0 Å². The monoisotopic (exact) mass is 239 g/mol. The molecule has 0 aliphatic rings. The third-order valence-corrected chi connectivity index (χ3v) is 2.73. The Morgan fingerprint density at radius 1 is 1.17 bits per heavy atom. The number of nitrogens with zero attached hydrogens (tertiary/aromatic N) is 4. The summed E-state index contributed by atoms with van der Waals surface area (Å²) in [5.41, 5.74) is 9.06. The second-order valence-electron chi connectivity index (χ2n) is 4.03. The van der Waals surface area contributed by atoms with E-state index in [4.69, 9.17) is 5.73 Å². The van der Waals surface area contributed by atoms with Crippen LogP contribution < -0.4 is 5.73 Å². The molecule has 0 amide bonds. The first-order chi connectivity index (χ1) is 8.86. The van der Waals surface area contributed by atoms with Crippen LogP contribution in [0.25, 0.3) is 17.0 Å². The Bertz CT molecular complexity index is 659. The summed E-state index contributed by atoms with van der Waals surface area (Å²) < 4.78 is 1.90. The lowest BCUT2D eigenvalue weighted by Crippen LogP contribution is -2.02. The number of rotatable bonds is 3. The number of fused-ring (bicyclic) bond motifs is 1. The lowest BCUT2D eigenvalue weighted by molar-refractivity contribution is 0.936. The van der Waals surface area contributed by atoms with E-state index in [2.05, 4.69) is 15.0 Å². The average Bonchev–Trinajstić information content (AvgIpc) is 2.81. The van der Waals surface area contributed by atoms with E-state index in [-0.39, 0.29) is 0 Å². The maximum Gasteiger partial charge on any atom is 0.140 e. The third kappa shape index (κ3) is 1.96. The molecule has 0 fully saturated rings. The average molecular weight is 239 g/mol. The fourth-order valence-corrected chi connectivity index (χ4v) is 1.87. The molecular weight excluding hydrogens is 226 g/mol. The van der Waals surface area contributed by atoms with Crippen molar-refractivity contribution < 1.29 is 0 Å². The first-order valence-electron chi connectivity index (χ1n) is 5.82. The normalized spacial score (nSPS) is 10.9. The molecule has 0 unspecified atom stereocenters. The molecule has 0 radical (unpaired) electrons. The molecule has 0 bridgehead atoms. The number of pyridine rings is 1. The minimum Gasteiger partial charge on any atom is -0.330 e. The molecule has 0 aromatic carbocycles. The Balaban J connectivity index is 2.05. The van der Waals surface area contributed by atoms with E-state index in [9.17, 15) is 0 Å². The first kappa shape index (κ1) is 10.9. The summed E-state index contributed by atoms with van der Waals surface area (Å²) in [6, 6.07) is 7.70. The fraction of sp³-hybridized carbons (Fsp3) is 0.154. The summed E-state index contributed by atoms with van der Waals surface area (Å²) in [6.07, 6.45) is 6.25. The van der Waals surface area contributed by atoms with Gasteiger partial charge in [0.1, 0.15) is 12.0 Å². The Morgan fingerprint density at radius 3 is 2.89 bits per heavy atom. The summed E-state index contributed by atoms with van der Waals surface area (Å²) in [5.74, 6) is 0. The van der Waals surface area contributed by atoms with Gasteiger partial charge in [0.15, 0.2) is 0 Å². The Hall–Kier alpha value is -2.27. The second-order valence-corrected chi connectivity index (χ2v) is 4.03. The number of nitrogens with two attached hydrogens (primary N) is 1. The highest BCUT2D eigenvalue weighted by Gasteiger charge is 2.05. The molecule has 2 N–H and O–H groups in total. The lowest BCUT2D eigenvalue weighted by atomic mass is 10.2. The minimum atomic E-state index is 0.602. The zero-order chi connectivity index (χ0) is 12.4. The summed E-state index contributed by atoms with van der Waals surface area (Å²) in [7, 11) is 0. The molecular formula is C13H13N5. The van der Waals surface area contributed by atoms with Crippen molar-refractivity contribution in [3.8, 4) is 11.4 Å². The molecule has 5 heteroatoms. The van der Waals surface area contributed by atoms with E-state index in [1.54, 1.807) is 12.5 Å². The van der Waals surface area contributed by atoms with E-state index >= 15 is 0 Å². The van der Waals surface area contributed by atoms with E-state index in [1.807, 2.05) is 34.9 Å². The zero-order valence-corrected chi connectivity index (χ0v) is 9.82. The highest BCUT2D eigenvalue weighted by molar-refractivity contribution is 5.59. The quantitative estimate of drug-likeness (QED) is 0.747. The van der Waals surface area contributed by atoms with Gasteiger partial charge >= 0.3 is 0 Å². The predicted octanol–water partition coefficient (Wildman–Crippen LogP) is 1.29. The molecule has 18 heavy (non-hydrogen) atoms. The van der Waals surface area contributed by atoms with E-state index < -0.39 is 0 Å². The summed E-state index contributed by atoms with van der Waals surface area (Å²) >= 11 is 0. The van der Waals surface area contributed by atoms with Crippen molar-refractivity contribution in [2.75, 3.05) is 6.54 Å². The van der Waals surface area contributed by atoms with Crippen molar-refractivity contribution in [2.45, 2.75) is 6.42 Å². The van der Waals surface area contributed by atoms with Crippen LogP contribution in [0.15, 0.2) is 43.0 Å². The van der Waals surface area contributed by atoms with Crippen LogP contribution in [0.5, 0.6) is 0 Å². The molecule has 0 saturated carbocycles. The van der Waals surface area contributed by atoms with Gasteiger partial charge in [0.05, 0.1) is 17.1 Å². The van der Waals surface area contributed by atoms with Gasteiger partial charge in [0, 0.05) is 24.9 Å². The number of imidazole rings is 1. The molecule has 3 aromatic rings. The SMILES string of the molecule is NCCc1cn2cnc(-c3ccccn3)cc2n1. The maximum atomic E-state index is 5.53. The van der Waals surface area contributed by atoms with Crippen LogP contribution >= 0.6 is 0 Å². The van der Waals surface area contributed by atoms with Gasteiger partial charge in [0.25, 0.3) is 0 Å². The molecule has 0 spiro atoms. The predicted molar refractivity (Wildman–Crippen MR) is 69.0 cm³/mol. The van der Waals surface area contributed by atoms with E-state index in [0.29, 0.717) is 6.54 Å². The molecule has 5 nitrogen and oxygen atoms in total. The van der Waals surface area contributed by atoms with Crippen LogP contribution in [0.1, 0.15) is 5.69 Å². The zero-order valence-electron chi connectivity index (χ0n) is 9.82. The van der Waals surface area contributed by atoms with Gasteiger partial charge in [-0.15, -0.1) is 0 Å². The number of aromatic nitrogens is 4. The summed E-state index contributed by atoms with van der Waals surface area (Å²) in [6.45, 7) is 0.602. The molecule has 0 saturated heterocycles. The standard InChI is InChI=1S/C13H13N5/c14-5-4-10-8-18-9-16-12(7-13(18)17-10)11-3-1-2-6-15-11/h1-3,6-9H,4-5,14H2. The first-order valence-corrected chi connectivity index (χ1v) is 5.82. The van der Waals surface area contributed by atoms with Crippen molar-refractivity contribution in [2.24, 2.45) is 5.73 Å². The van der Waals surface area contributed by atoms with Crippen LogP contribution in [-0.4, -0.2) is 25.9 Å². The Kier molecular flexibility index (Phi) is 2.74. The van der Waals surface area contributed by atoms with Gasteiger partial charge < -0.3 is 5.73 Å². The van der Waals surface area contributed by atoms with Crippen LogP contribution in [0.2, 0.25) is 0 Å². The molecule has 0 aliphatic heterocycles. The van der Waals surface area contributed by atoms with Crippen molar-refractivity contribution in [1.82, 2.24) is 19.4 Å². The molecule has 90 valence electrons. The van der Waals surface area contributed by atoms with Gasteiger partial charge in [-0.2, -0.15) is 0 Å². The molecule has 0 atom stereocenters. The van der Waals surface area contributed by atoms with Gasteiger partial charge in [0.2, 0.25) is 0 Å². The minimum absolute atomic E-state index is 0.602. The van der Waals surface area contributed by atoms with E-state index in [0.717, 1.165) is 29.1 Å². The fourth-order valence-electron chi connectivity index (χ4n) is 1.87. The van der Waals surface area contributed by atoms with E-state index in [1.165, 1.54) is 0 Å². The van der Waals surface area contributed by atoms with Crippen molar-refractivity contribution >= 4 is 5.65 Å². The van der Waals surface area contributed by atoms with Crippen LogP contribution in [0, 0.1) is 0 Å². The Labute approximate surface area is 104 Å².